The zero-order valence-electron chi connectivity index (χ0n) is 9.38. The molecule has 2 aromatic rings. The number of benzene rings is 2. The Morgan fingerprint density at radius 1 is 0.824 bits per heavy atom. The van der Waals surface area contributed by atoms with Gasteiger partial charge in [0.15, 0.2) is 0 Å². The van der Waals surface area contributed by atoms with Crippen LogP contribution in [0.25, 0.3) is 10.8 Å². The maximum atomic E-state index is 10.2. The molecule has 0 unspecified atom stereocenters. The Hall–Kier alpha value is -1.34. The first-order valence-corrected chi connectivity index (χ1v) is 5.73. The van der Waals surface area contributed by atoms with Crippen molar-refractivity contribution < 1.29 is 5.11 Å². The zero-order valence-corrected chi connectivity index (χ0v) is 9.38. The molecule has 1 aliphatic rings. The van der Waals surface area contributed by atoms with Crippen LogP contribution in [0.5, 0.6) is 0 Å². The van der Waals surface area contributed by atoms with Crippen LogP contribution < -0.4 is 0 Å². The molecule has 17 heavy (non-hydrogen) atoms. The number of hydrogen-bond donors (Lipinski definition) is 1. The molecule has 0 amide bonds. The molecule has 1 atom stereocenters. The van der Waals surface area contributed by atoms with Crippen molar-refractivity contribution in [2.24, 2.45) is 0 Å². The third-order valence-electron chi connectivity index (χ3n) is 3.09. The Labute approximate surface area is 102 Å². The molecular weight excluding hydrogens is 208 g/mol. The third kappa shape index (κ3) is 2.07. The van der Waals surface area contributed by atoms with Gasteiger partial charge in [-0.2, -0.15) is 0 Å². The predicted octanol–water partition coefficient (Wildman–Crippen LogP) is 3.28. The van der Waals surface area contributed by atoms with Crippen LogP contribution in [0.1, 0.15) is 11.7 Å². The predicted molar refractivity (Wildman–Crippen MR) is 69.4 cm³/mol. The average molecular weight is 221 g/mol. The number of rotatable bonds is 2. The molecule has 5 radical (unpaired) electrons. The van der Waals surface area contributed by atoms with Crippen LogP contribution in [0.3, 0.4) is 0 Å². The Morgan fingerprint density at radius 3 is 2.29 bits per heavy atom. The summed E-state index contributed by atoms with van der Waals surface area (Å²) in [5.74, 6) is 0.945. The molecule has 1 N–H and O–H groups in total. The Morgan fingerprint density at radius 2 is 1.53 bits per heavy atom. The van der Waals surface area contributed by atoms with Crippen LogP contribution in [0.4, 0.5) is 0 Å². The van der Waals surface area contributed by atoms with Crippen molar-refractivity contribution in [3.05, 3.63) is 79.6 Å². The van der Waals surface area contributed by atoms with E-state index in [1.807, 2.05) is 49.9 Å². The van der Waals surface area contributed by atoms with Crippen molar-refractivity contribution in [2.45, 2.75) is 6.10 Å². The molecule has 3 rings (SSSR count). The molecule has 1 aliphatic carbocycles. The quantitative estimate of drug-likeness (QED) is 0.825. The zero-order chi connectivity index (χ0) is 11.7. The van der Waals surface area contributed by atoms with Crippen molar-refractivity contribution in [1.82, 2.24) is 0 Å². The standard InChI is InChI=1S/C16H13O/c17-16(13-6-2-3-7-13)15-10-9-12-5-1-4-8-14(12)11-15/h1-11,16-17H/t16-/m1/s1. The lowest BCUT2D eigenvalue weighted by molar-refractivity contribution is 0.200. The molecule has 1 fully saturated rings. The van der Waals surface area contributed by atoms with Crippen molar-refractivity contribution in [3.63, 3.8) is 0 Å². The Balaban J connectivity index is 1.94. The van der Waals surface area contributed by atoms with Gasteiger partial charge < -0.3 is 5.11 Å². The molecule has 1 saturated carbocycles. The fourth-order valence-electron chi connectivity index (χ4n) is 2.14. The number of fused-ring (bicyclic) bond motifs is 1. The summed E-state index contributed by atoms with van der Waals surface area (Å²) in [4.78, 5) is 0. The Kier molecular flexibility index (Phi) is 2.86. The number of aliphatic hydroxyl groups is 1. The molecule has 1 heteroatoms. The highest BCUT2D eigenvalue weighted by atomic mass is 16.3. The van der Waals surface area contributed by atoms with Gasteiger partial charge in [0.1, 0.15) is 0 Å². The SMILES string of the molecule is O[C@H]([C]1[CH][CH][CH][CH]1)c1ccc2ccccc2c1. The topological polar surface area (TPSA) is 20.2 Å². The van der Waals surface area contributed by atoms with E-state index < -0.39 is 6.10 Å². The van der Waals surface area contributed by atoms with E-state index in [9.17, 15) is 5.11 Å². The second-order valence-electron chi connectivity index (χ2n) is 4.23. The first-order valence-electron chi connectivity index (χ1n) is 5.73. The van der Waals surface area contributed by atoms with Crippen molar-refractivity contribution in [2.75, 3.05) is 0 Å². The molecule has 0 saturated heterocycles. The van der Waals surface area contributed by atoms with Gasteiger partial charge in [-0.15, -0.1) is 0 Å². The van der Waals surface area contributed by atoms with Gasteiger partial charge in [-0.05, 0) is 48.1 Å². The molecule has 0 aromatic heterocycles. The van der Waals surface area contributed by atoms with Crippen LogP contribution in [0, 0.1) is 31.6 Å². The molecule has 2 aromatic carbocycles. The maximum absolute atomic E-state index is 10.2. The highest BCUT2D eigenvalue weighted by Gasteiger charge is 2.25. The third-order valence-corrected chi connectivity index (χ3v) is 3.09. The first kappa shape index (κ1) is 10.8. The monoisotopic (exact) mass is 221 g/mol. The summed E-state index contributed by atoms with van der Waals surface area (Å²) < 4.78 is 0. The van der Waals surface area contributed by atoms with Crippen molar-refractivity contribution in [1.29, 1.82) is 0 Å². The number of hydrogen-bond acceptors (Lipinski definition) is 1. The summed E-state index contributed by atoms with van der Waals surface area (Å²) in [7, 11) is 0. The Bertz CT molecular complexity index is 512. The van der Waals surface area contributed by atoms with E-state index in [0.717, 1.165) is 16.9 Å². The minimum Gasteiger partial charge on any atom is -0.388 e. The summed E-state index contributed by atoms with van der Waals surface area (Å²) in [6.07, 6.45) is 7.24. The van der Waals surface area contributed by atoms with Crippen LogP contribution >= 0.6 is 0 Å². The summed E-state index contributed by atoms with van der Waals surface area (Å²) >= 11 is 0. The lowest BCUT2D eigenvalue weighted by Crippen LogP contribution is -2.07. The van der Waals surface area contributed by atoms with E-state index in [2.05, 4.69) is 18.2 Å². The molecule has 0 spiro atoms. The lowest BCUT2D eigenvalue weighted by Gasteiger charge is -2.17. The molecule has 83 valence electrons. The molecule has 0 heterocycles. The normalized spacial score (nSPS) is 18.6. The van der Waals surface area contributed by atoms with Crippen molar-refractivity contribution in [3.8, 4) is 0 Å². The second-order valence-corrected chi connectivity index (χ2v) is 4.23. The summed E-state index contributed by atoms with van der Waals surface area (Å²) in [5.41, 5.74) is 0.940. The molecule has 1 nitrogen and oxygen atoms in total. The lowest BCUT2D eigenvalue weighted by atomic mass is 9.93. The summed E-state index contributed by atoms with van der Waals surface area (Å²) in [6, 6.07) is 14.3. The van der Waals surface area contributed by atoms with E-state index in [0.29, 0.717) is 0 Å². The minimum absolute atomic E-state index is 0.533. The highest BCUT2D eigenvalue weighted by Crippen LogP contribution is 2.35. The van der Waals surface area contributed by atoms with Gasteiger partial charge in [0.25, 0.3) is 0 Å². The van der Waals surface area contributed by atoms with E-state index in [1.54, 1.807) is 0 Å². The summed E-state index contributed by atoms with van der Waals surface area (Å²) in [6.45, 7) is 0. The van der Waals surface area contributed by atoms with Crippen LogP contribution in [-0.4, -0.2) is 5.11 Å². The van der Waals surface area contributed by atoms with E-state index in [-0.39, 0.29) is 0 Å². The van der Waals surface area contributed by atoms with Gasteiger partial charge in [-0.25, -0.2) is 0 Å². The van der Waals surface area contributed by atoms with Crippen LogP contribution in [-0.2, 0) is 0 Å². The van der Waals surface area contributed by atoms with Gasteiger partial charge in [0, 0.05) is 5.92 Å². The minimum atomic E-state index is -0.533. The smallest absolute Gasteiger partial charge is 0.0858 e. The van der Waals surface area contributed by atoms with Gasteiger partial charge in [-0.3, -0.25) is 0 Å². The molecule has 0 bridgehead atoms. The van der Waals surface area contributed by atoms with Gasteiger partial charge in [0.2, 0.25) is 0 Å². The maximum Gasteiger partial charge on any atom is 0.0858 e. The second kappa shape index (κ2) is 4.50. The molecule has 0 aliphatic heterocycles. The van der Waals surface area contributed by atoms with Crippen LogP contribution in [0.15, 0.2) is 42.5 Å². The van der Waals surface area contributed by atoms with E-state index in [1.165, 1.54) is 5.39 Å². The highest BCUT2D eigenvalue weighted by molar-refractivity contribution is 5.83. The largest absolute Gasteiger partial charge is 0.388 e. The first-order chi connectivity index (χ1) is 8.34. The fourth-order valence-corrected chi connectivity index (χ4v) is 2.14. The summed E-state index contributed by atoms with van der Waals surface area (Å²) in [5, 5.41) is 12.6. The molecular formula is C16H13O. The van der Waals surface area contributed by atoms with Crippen LogP contribution in [0.2, 0.25) is 0 Å². The average Bonchev–Trinajstić information content (AvgIpc) is 2.91. The fraction of sp³-hybridized carbons (Fsp3) is 0.0625. The van der Waals surface area contributed by atoms with E-state index >= 15 is 0 Å². The van der Waals surface area contributed by atoms with Gasteiger partial charge in [0.05, 0.1) is 6.10 Å². The van der Waals surface area contributed by atoms with E-state index in [4.69, 9.17) is 0 Å². The van der Waals surface area contributed by atoms with Gasteiger partial charge >= 0.3 is 0 Å². The van der Waals surface area contributed by atoms with Gasteiger partial charge in [-0.1, -0.05) is 36.4 Å². The number of aliphatic hydroxyl groups excluding tert-OH is 1. The van der Waals surface area contributed by atoms with Crippen molar-refractivity contribution >= 4 is 10.8 Å².